The molecule has 0 atom stereocenters. The highest BCUT2D eigenvalue weighted by Gasteiger charge is 2.15. The lowest BCUT2D eigenvalue weighted by molar-refractivity contribution is 0.0694. The van der Waals surface area contributed by atoms with Crippen LogP contribution in [0, 0.1) is 13.8 Å². The average molecular weight is 297 g/mol. The number of hydrogen-bond acceptors (Lipinski definition) is 3. The molecule has 0 amide bonds. The summed E-state index contributed by atoms with van der Waals surface area (Å²) in [6, 6.07) is 1.42. The quantitative estimate of drug-likeness (QED) is 0.749. The topological polar surface area (TPSA) is 59.3 Å². The fourth-order valence-corrected chi connectivity index (χ4v) is 2.88. The number of aromatic carboxylic acids is 1. The van der Waals surface area contributed by atoms with Crippen LogP contribution in [-0.4, -0.2) is 27.7 Å². The van der Waals surface area contributed by atoms with Crippen molar-refractivity contribution >= 4 is 17.7 Å². The second-order valence-electron chi connectivity index (χ2n) is 4.99. The standard InChI is InChI=1S/C15H23NO3S/c1-11-10-13(17)16(12(2)14(11)15(18)19)8-6-4-5-7-9-20-3/h10H,4-9H2,1-3H3,(H,18,19). The number of aromatic nitrogens is 1. The highest BCUT2D eigenvalue weighted by molar-refractivity contribution is 7.98. The van der Waals surface area contributed by atoms with Crippen molar-refractivity contribution in [3.8, 4) is 0 Å². The van der Waals surface area contributed by atoms with Crippen LogP contribution in [0.3, 0.4) is 0 Å². The SMILES string of the molecule is CSCCCCCCn1c(C)c(C(=O)O)c(C)cc1=O. The van der Waals surface area contributed by atoms with Crippen molar-refractivity contribution in [2.75, 3.05) is 12.0 Å². The van der Waals surface area contributed by atoms with Crippen molar-refractivity contribution < 1.29 is 9.90 Å². The zero-order valence-electron chi connectivity index (χ0n) is 12.4. The van der Waals surface area contributed by atoms with Crippen molar-refractivity contribution in [2.45, 2.75) is 46.1 Å². The molecule has 112 valence electrons. The number of hydrogen-bond donors (Lipinski definition) is 1. The number of carboxylic acid groups (broad SMARTS) is 1. The largest absolute Gasteiger partial charge is 0.478 e. The molecule has 1 rings (SSSR count). The van der Waals surface area contributed by atoms with Crippen LogP contribution in [-0.2, 0) is 6.54 Å². The van der Waals surface area contributed by atoms with Crippen LogP contribution < -0.4 is 5.56 Å². The van der Waals surface area contributed by atoms with Crippen LogP contribution >= 0.6 is 11.8 Å². The van der Waals surface area contributed by atoms with E-state index in [1.165, 1.54) is 18.2 Å². The van der Waals surface area contributed by atoms with Gasteiger partial charge in [-0.3, -0.25) is 4.79 Å². The van der Waals surface area contributed by atoms with Crippen LogP contribution in [0.1, 0.15) is 47.3 Å². The molecular weight excluding hydrogens is 274 g/mol. The van der Waals surface area contributed by atoms with E-state index in [1.807, 2.05) is 11.8 Å². The monoisotopic (exact) mass is 297 g/mol. The Bertz CT molecular complexity index is 523. The van der Waals surface area contributed by atoms with E-state index in [1.54, 1.807) is 18.4 Å². The Kier molecular flexibility index (Phi) is 6.85. The number of thioether (sulfide) groups is 1. The van der Waals surface area contributed by atoms with Crippen LogP contribution in [0.4, 0.5) is 0 Å². The smallest absolute Gasteiger partial charge is 0.337 e. The molecule has 5 heteroatoms. The lowest BCUT2D eigenvalue weighted by Crippen LogP contribution is -2.25. The predicted molar refractivity (Wildman–Crippen MR) is 84.0 cm³/mol. The van der Waals surface area contributed by atoms with Gasteiger partial charge in [0.25, 0.3) is 5.56 Å². The van der Waals surface area contributed by atoms with Gasteiger partial charge in [0.05, 0.1) is 5.56 Å². The maximum atomic E-state index is 12.0. The second kappa shape index (κ2) is 8.15. The molecule has 0 aliphatic carbocycles. The third kappa shape index (κ3) is 4.40. The minimum Gasteiger partial charge on any atom is -0.478 e. The average Bonchev–Trinajstić information content (AvgIpc) is 2.35. The number of aryl methyl sites for hydroxylation is 1. The fraction of sp³-hybridized carbons (Fsp3) is 0.600. The van der Waals surface area contributed by atoms with Crippen molar-refractivity contribution in [2.24, 2.45) is 0 Å². The van der Waals surface area contributed by atoms with E-state index < -0.39 is 5.97 Å². The molecule has 0 unspecified atom stereocenters. The van der Waals surface area contributed by atoms with Gasteiger partial charge in [-0.15, -0.1) is 0 Å². The van der Waals surface area contributed by atoms with Crippen LogP contribution in [0.25, 0.3) is 0 Å². The first-order chi connectivity index (χ1) is 9.49. The number of pyridine rings is 1. The summed E-state index contributed by atoms with van der Waals surface area (Å²) in [4.78, 5) is 23.2. The van der Waals surface area contributed by atoms with Gasteiger partial charge in [0, 0.05) is 18.3 Å². The van der Waals surface area contributed by atoms with Gasteiger partial charge in [0.2, 0.25) is 0 Å². The Balaban J connectivity index is 2.73. The first-order valence-electron chi connectivity index (χ1n) is 6.92. The van der Waals surface area contributed by atoms with E-state index in [0.29, 0.717) is 17.8 Å². The molecule has 0 saturated carbocycles. The zero-order chi connectivity index (χ0) is 15.1. The van der Waals surface area contributed by atoms with Gasteiger partial charge in [-0.2, -0.15) is 11.8 Å². The molecule has 0 radical (unpaired) electrons. The van der Waals surface area contributed by atoms with E-state index in [-0.39, 0.29) is 11.1 Å². The maximum Gasteiger partial charge on any atom is 0.337 e. The van der Waals surface area contributed by atoms with Gasteiger partial charge >= 0.3 is 5.97 Å². The summed E-state index contributed by atoms with van der Waals surface area (Å²) in [6.07, 6.45) is 6.44. The number of rotatable bonds is 8. The molecule has 0 aromatic carbocycles. The third-order valence-electron chi connectivity index (χ3n) is 3.46. The number of nitrogens with zero attached hydrogens (tertiary/aromatic N) is 1. The summed E-state index contributed by atoms with van der Waals surface area (Å²) in [6.45, 7) is 3.99. The Morgan fingerprint density at radius 2 is 1.90 bits per heavy atom. The highest BCUT2D eigenvalue weighted by Crippen LogP contribution is 2.12. The molecule has 1 aromatic heterocycles. The lowest BCUT2D eigenvalue weighted by Gasteiger charge is -2.13. The van der Waals surface area contributed by atoms with Gasteiger partial charge in [-0.25, -0.2) is 4.79 Å². The molecule has 0 aliphatic heterocycles. The van der Waals surface area contributed by atoms with Gasteiger partial charge in [0.15, 0.2) is 0 Å². The Hall–Kier alpha value is -1.23. The lowest BCUT2D eigenvalue weighted by atomic mass is 10.1. The van der Waals surface area contributed by atoms with E-state index in [2.05, 4.69) is 6.26 Å². The molecule has 4 nitrogen and oxygen atoms in total. The first-order valence-corrected chi connectivity index (χ1v) is 8.31. The molecule has 0 saturated heterocycles. The molecule has 0 bridgehead atoms. The van der Waals surface area contributed by atoms with Crippen molar-refractivity contribution in [3.05, 3.63) is 33.2 Å². The number of carbonyl (C=O) groups is 1. The van der Waals surface area contributed by atoms with Gasteiger partial charge in [-0.1, -0.05) is 12.8 Å². The van der Waals surface area contributed by atoms with E-state index in [0.717, 1.165) is 19.3 Å². The second-order valence-corrected chi connectivity index (χ2v) is 5.98. The van der Waals surface area contributed by atoms with Crippen molar-refractivity contribution in [1.82, 2.24) is 4.57 Å². The van der Waals surface area contributed by atoms with Crippen LogP contribution in [0.2, 0.25) is 0 Å². The minimum atomic E-state index is -0.964. The normalized spacial score (nSPS) is 10.8. The molecule has 1 N–H and O–H groups in total. The summed E-state index contributed by atoms with van der Waals surface area (Å²) in [7, 11) is 0. The Morgan fingerprint density at radius 3 is 2.50 bits per heavy atom. The van der Waals surface area contributed by atoms with Crippen LogP contribution in [0.15, 0.2) is 10.9 Å². The number of carboxylic acids is 1. The van der Waals surface area contributed by atoms with Crippen molar-refractivity contribution in [1.29, 1.82) is 0 Å². The summed E-state index contributed by atoms with van der Waals surface area (Å²) < 4.78 is 1.59. The summed E-state index contributed by atoms with van der Waals surface area (Å²) in [5.74, 6) is 0.209. The van der Waals surface area contributed by atoms with Crippen molar-refractivity contribution in [3.63, 3.8) is 0 Å². The maximum absolute atomic E-state index is 12.0. The van der Waals surface area contributed by atoms with Crippen LogP contribution in [0.5, 0.6) is 0 Å². The first kappa shape index (κ1) is 16.8. The highest BCUT2D eigenvalue weighted by atomic mass is 32.2. The summed E-state index contributed by atoms with van der Waals surface area (Å²) in [5, 5.41) is 9.21. The Labute approximate surface area is 124 Å². The zero-order valence-corrected chi connectivity index (χ0v) is 13.3. The van der Waals surface area contributed by atoms with E-state index in [9.17, 15) is 14.7 Å². The minimum absolute atomic E-state index is 0.103. The third-order valence-corrected chi connectivity index (χ3v) is 4.16. The van der Waals surface area contributed by atoms with Gasteiger partial charge < -0.3 is 9.67 Å². The molecule has 0 aliphatic rings. The number of unbranched alkanes of at least 4 members (excludes halogenated alkanes) is 3. The molecule has 20 heavy (non-hydrogen) atoms. The van der Waals surface area contributed by atoms with Gasteiger partial charge in [-0.05, 0) is 44.3 Å². The molecule has 1 aromatic rings. The molecule has 0 fully saturated rings. The predicted octanol–water partition coefficient (Wildman–Crippen LogP) is 3.09. The summed E-state index contributed by atoms with van der Waals surface area (Å²) >= 11 is 1.85. The molecule has 0 spiro atoms. The van der Waals surface area contributed by atoms with E-state index >= 15 is 0 Å². The van der Waals surface area contributed by atoms with Gasteiger partial charge in [0.1, 0.15) is 0 Å². The fourth-order valence-electron chi connectivity index (χ4n) is 2.39. The molecular formula is C15H23NO3S. The van der Waals surface area contributed by atoms with E-state index in [4.69, 9.17) is 0 Å². The Morgan fingerprint density at radius 1 is 1.25 bits per heavy atom. The summed E-state index contributed by atoms with van der Waals surface area (Å²) in [5.41, 5.74) is 1.25. The molecule has 1 heterocycles.